The van der Waals surface area contributed by atoms with Crippen LogP contribution in [-0.4, -0.2) is 37.1 Å². The average Bonchev–Trinajstić information content (AvgIpc) is 2.81. The van der Waals surface area contributed by atoms with Gasteiger partial charge in [0.15, 0.2) is 0 Å². The van der Waals surface area contributed by atoms with Gasteiger partial charge < -0.3 is 10.2 Å². The first kappa shape index (κ1) is 13.0. The Bertz CT molecular complexity index is 364. The van der Waals surface area contributed by atoms with Crippen LogP contribution in [0.2, 0.25) is 0 Å². The summed E-state index contributed by atoms with van der Waals surface area (Å²) in [6.07, 6.45) is 2.32. The summed E-state index contributed by atoms with van der Waals surface area (Å²) in [7, 11) is 4.27. The normalized spacial score (nSPS) is 21.0. The summed E-state index contributed by atoms with van der Waals surface area (Å²) >= 11 is 1.82. The van der Waals surface area contributed by atoms with E-state index in [9.17, 15) is 0 Å². The molecule has 4 heteroatoms. The summed E-state index contributed by atoms with van der Waals surface area (Å²) in [5.74, 6) is 0.528. The summed E-state index contributed by atoms with van der Waals surface area (Å²) in [6.45, 7) is 6.72. The fourth-order valence-electron chi connectivity index (χ4n) is 2.34. The van der Waals surface area contributed by atoms with Crippen LogP contribution >= 0.6 is 11.3 Å². The Balaban J connectivity index is 2.22. The lowest BCUT2D eigenvalue weighted by atomic mass is 9.88. The van der Waals surface area contributed by atoms with Gasteiger partial charge >= 0.3 is 0 Å². The van der Waals surface area contributed by atoms with Crippen LogP contribution in [0, 0.1) is 0 Å². The van der Waals surface area contributed by atoms with Crippen LogP contribution in [0.3, 0.4) is 0 Å². The highest BCUT2D eigenvalue weighted by molar-refractivity contribution is 7.09. The van der Waals surface area contributed by atoms with Crippen molar-refractivity contribution in [2.24, 2.45) is 0 Å². The minimum absolute atomic E-state index is 0.115. The Hall–Kier alpha value is -0.450. The Morgan fingerprint density at radius 3 is 2.53 bits per heavy atom. The lowest BCUT2D eigenvalue weighted by Crippen LogP contribution is -2.48. The van der Waals surface area contributed by atoms with Gasteiger partial charge in [0.2, 0.25) is 0 Å². The molecule has 0 radical (unpaired) electrons. The standard InChI is InChI=1S/C13H23N3S/c1-10(2)11-9-17-12(15-11)13(14-3)5-7-16(4)8-6-13/h9-10,14H,5-8H2,1-4H3. The van der Waals surface area contributed by atoms with Crippen molar-refractivity contribution >= 4 is 11.3 Å². The largest absolute Gasteiger partial charge is 0.308 e. The van der Waals surface area contributed by atoms with Gasteiger partial charge in [0.05, 0.1) is 11.2 Å². The zero-order valence-electron chi connectivity index (χ0n) is 11.3. The molecule has 1 N–H and O–H groups in total. The summed E-state index contributed by atoms with van der Waals surface area (Å²) in [4.78, 5) is 7.23. The van der Waals surface area contributed by atoms with Crippen molar-refractivity contribution in [3.8, 4) is 0 Å². The second-order valence-corrected chi connectivity index (χ2v) is 6.23. The third kappa shape index (κ3) is 2.54. The molecular weight excluding hydrogens is 230 g/mol. The number of nitrogens with zero attached hydrogens (tertiary/aromatic N) is 2. The molecular formula is C13H23N3S. The van der Waals surface area contributed by atoms with Gasteiger partial charge in [-0.3, -0.25) is 0 Å². The van der Waals surface area contributed by atoms with E-state index in [0.29, 0.717) is 5.92 Å². The molecule has 0 aromatic carbocycles. The van der Waals surface area contributed by atoms with E-state index in [-0.39, 0.29) is 5.54 Å². The molecule has 1 aliphatic rings. The summed E-state index contributed by atoms with van der Waals surface area (Å²) in [5, 5.41) is 7.02. The topological polar surface area (TPSA) is 28.2 Å². The van der Waals surface area contributed by atoms with Crippen LogP contribution < -0.4 is 5.32 Å². The van der Waals surface area contributed by atoms with Crippen molar-refractivity contribution in [3.63, 3.8) is 0 Å². The van der Waals surface area contributed by atoms with Crippen molar-refractivity contribution < 1.29 is 0 Å². The lowest BCUT2D eigenvalue weighted by molar-refractivity contribution is 0.164. The number of rotatable bonds is 3. The monoisotopic (exact) mass is 253 g/mol. The van der Waals surface area contributed by atoms with E-state index in [1.165, 1.54) is 10.7 Å². The predicted octanol–water partition coefficient (Wildman–Crippen LogP) is 2.41. The molecule has 0 atom stereocenters. The van der Waals surface area contributed by atoms with E-state index < -0.39 is 0 Å². The highest BCUT2D eigenvalue weighted by Gasteiger charge is 2.36. The quantitative estimate of drug-likeness (QED) is 0.896. The van der Waals surface area contributed by atoms with Gasteiger partial charge in [-0.2, -0.15) is 0 Å². The molecule has 17 heavy (non-hydrogen) atoms. The number of likely N-dealkylation sites (tertiary alicyclic amines) is 1. The van der Waals surface area contributed by atoms with Crippen LogP contribution in [0.1, 0.15) is 43.3 Å². The van der Waals surface area contributed by atoms with Crippen molar-refractivity contribution in [2.75, 3.05) is 27.2 Å². The van der Waals surface area contributed by atoms with Gasteiger partial charge in [0.1, 0.15) is 5.01 Å². The van der Waals surface area contributed by atoms with Crippen molar-refractivity contribution in [3.05, 3.63) is 16.1 Å². The maximum absolute atomic E-state index is 4.84. The van der Waals surface area contributed by atoms with E-state index >= 15 is 0 Å². The number of hydrogen-bond donors (Lipinski definition) is 1. The maximum atomic E-state index is 4.84. The maximum Gasteiger partial charge on any atom is 0.113 e. The molecule has 0 amide bonds. The van der Waals surface area contributed by atoms with E-state index in [1.54, 1.807) is 0 Å². The fraction of sp³-hybridized carbons (Fsp3) is 0.769. The molecule has 2 rings (SSSR count). The van der Waals surface area contributed by atoms with Crippen molar-refractivity contribution in [1.29, 1.82) is 0 Å². The molecule has 0 saturated carbocycles. The average molecular weight is 253 g/mol. The molecule has 0 bridgehead atoms. The first-order valence-corrected chi connectivity index (χ1v) is 7.29. The minimum atomic E-state index is 0.115. The number of nitrogens with one attached hydrogen (secondary N) is 1. The fourth-order valence-corrected chi connectivity index (χ4v) is 3.59. The van der Waals surface area contributed by atoms with Gasteiger partial charge in [-0.1, -0.05) is 13.8 Å². The Kier molecular flexibility index (Phi) is 3.85. The van der Waals surface area contributed by atoms with Crippen LogP contribution in [0.4, 0.5) is 0 Å². The van der Waals surface area contributed by atoms with Crippen molar-refractivity contribution in [1.82, 2.24) is 15.2 Å². The number of piperidine rings is 1. The van der Waals surface area contributed by atoms with Crippen LogP contribution in [0.5, 0.6) is 0 Å². The zero-order valence-corrected chi connectivity index (χ0v) is 12.1. The van der Waals surface area contributed by atoms with Crippen molar-refractivity contribution in [2.45, 2.75) is 38.1 Å². The number of hydrogen-bond acceptors (Lipinski definition) is 4. The second kappa shape index (κ2) is 5.04. The third-order valence-corrected chi connectivity index (χ3v) is 4.91. The molecule has 3 nitrogen and oxygen atoms in total. The zero-order chi connectivity index (χ0) is 12.5. The molecule has 1 fully saturated rings. The van der Waals surface area contributed by atoms with E-state index in [4.69, 9.17) is 4.98 Å². The van der Waals surface area contributed by atoms with Crippen LogP contribution in [-0.2, 0) is 5.54 Å². The number of aromatic nitrogens is 1. The van der Waals surface area contributed by atoms with Crippen LogP contribution in [0.15, 0.2) is 5.38 Å². The highest BCUT2D eigenvalue weighted by atomic mass is 32.1. The van der Waals surface area contributed by atoms with Gasteiger partial charge in [-0.15, -0.1) is 11.3 Å². The van der Waals surface area contributed by atoms with Gasteiger partial charge in [0.25, 0.3) is 0 Å². The van der Waals surface area contributed by atoms with E-state index in [2.05, 4.69) is 43.5 Å². The smallest absolute Gasteiger partial charge is 0.113 e. The van der Waals surface area contributed by atoms with Gasteiger partial charge in [-0.25, -0.2) is 4.98 Å². The third-order valence-electron chi connectivity index (χ3n) is 3.84. The lowest BCUT2D eigenvalue weighted by Gasteiger charge is -2.39. The summed E-state index contributed by atoms with van der Waals surface area (Å²) in [6, 6.07) is 0. The Morgan fingerprint density at radius 2 is 2.06 bits per heavy atom. The minimum Gasteiger partial charge on any atom is -0.308 e. The van der Waals surface area contributed by atoms with Crippen LogP contribution in [0.25, 0.3) is 0 Å². The SMILES string of the molecule is CNC1(c2nc(C(C)C)cs2)CCN(C)CC1. The highest BCUT2D eigenvalue weighted by Crippen LogP contribution is 2.35. The molecule has 96 valence electrons. The molecule has 1 aromatic heterocycles. The van der Waals surface area contributed by atoms with Gasteiger partial charge in [-0.05, 0) is 32.9 Å². The Labute approximate surface area is 108 Å². The molecule has 1 aliphatic heterocycles. The molecule has 1 aromatic rings. The predicted molar refractivity (Wildman–Crippen MR) is 73.7 cm³/mol. The molecule has 2 heterocycles. The molecule has 1 saturated heterocycles. The number of thiazole rings is 1. The molecule has 0 unspecified atom stereocenters. The van der Waals surface area contributed by atoms with E-state index in [0.717, 1.165) is 25.9 Å². The second-order valence-electron chi connectivity index (χ2n) is 5.37. The summed E-state index contributed by atoms with van der Waals surface area (Å²) < 4.78 is 0. The summed E-state index contributed by atoms with van der Waals surface area (Å²) in [5.41, 5.74) is 1.35. The van der Waals surface area contributed by atoms with E-state index in [1.807, 2.05) is 11.3 Å². The Morgan fingerprint density at radius 1 is 1.41 bits per heavy atom. The van der Waals surface area contributed by atoms with Gasteiger partial charge in [0, 0.05) is 18.5 Å². The first-order chi connectivity index (χ1) is 8.07. The molecule has 0 aliphatic carbocycles. The molecule has 0 spiro atoms. The first-order valence-electron chi connectivity index (χ1n) is 6.41.